The Balaban J connectivity index is 0.759. The molecule has 0 aromatic heterocycles. The molecule has 3 aromatic rings. The highest BCUT2D eigenvalue weighted by atomic mass is 16.6. The zero-order chi connectivity index (χ0) is 73.9. The van der Waals surface area contributed by atoms with Crippen LogP contribution in [-0.4, -0.2) is 174 Å². The van der Waals surface area contributed by atoms with Crippen molar-refractivity contribution in [1.29, 1.82) is 0 Å². The van der Waals surface area contributed by atoms with Gasteiger partial charge in [-0.3, -0.25) is 48.4 Å². The number of imide groups is 1. The summed E-state index contributed by atoms with van der Waals surface area (Å²) >= 11 is 0. The van der Waals surface area contributed by atoms with Crippen molar-refractivity contribution in [3.05, 3.63) is 185 Å². The van der Waals surface area contributed by atoms with Gasteiger partial charge in [0.15, 0.2) is 23.0 Å². The number of carbonyl (C=O) groups is 8. The van der Waals surface area contributed by atoms with E-state index in [0.29, 0.717) is 92.9 Å². The third kappa shape index (κ3) is 21.5. The van der Waals surface area contributed by atoms with Crippen LogP contribution in [0.25, 0.3) is 0 Å². The van der Waals surface area contributed by atoms with E-state index in [1.54, 1.807) is 94.0 Å². The summed E-state index contributed by atoms with van der Waals surface area (Å²) in [6, 6.07) is 10.4. The van der Waals surface area contributed by atoms with Crippen molar-refractivity contribution in [3.63, 3.8) is 0 Å². The number of aliphatic imine (C=N–C) groups is 1. The molecule has 548 valence electrons. The maximum atomic E-state index is 14.9. The number of allylic oxidation sites excluding steroid dienone is 15. The predicted molar refractivity (Wildman–Crippen MR) is 389 cm³/mol. The zero-order valence-electron chi connectivity index (χ0n) is 59.6. The number of methoxy groups -OCH3 is 2. The van der Waals surface area contributed by atoms with Gasteiger partial charge in [-0.25, -0.2) is 9.69 Å². The van der Waals surface area contributed by atoms with E-state index in [9.17, 15) is 38.4 Å². The molecule has 26 nitrogen and oxygen atoms in total. The molecule has 6 N–H and O–H groups in total. The van der Waals surface area contributed by atoms with Gasteiger partial charge >= 0.3 is 6.09 Å². The summed E-state index contributed by atoms with van der Waals surface area (Å²) in [5.74, 6) is -2.82. The average molecular weight is 1420 g/mol. The molecule has 5 aliphatic rings. The lowest BCUT2D eigenvalue weighted by molar-refractivity contribution is -0.132. The van der Waals surface area contributed by atoms with Crippen LogP contribution in [0.3, 0.4) is 0 Å². The van der Waals surface area contributed by atoms with Gasteiger partial charge < -0.3 is 69.6 Å². The molecule has 0 fully saturated rings. The van der Waals surface area contributed by atoms with Crippen molar-refractivity contribution >= 4 is 70.7 Å². The van der Waals surface area contributed by atoms with E-state index in [-0.39, 0.29) is 98.5 Å². The Labute approximate surface area is 600 Å². The third-order valence-electron chi connectivity index (χ3n) is 16.8. The van der Waals surface area contributed by atoms with E-state index >= 15 is 0 Å². The van der Waals surface area contributed by atoms with E-state index in [1.165, 1.54) is 43.1 Å². The molecule has 0 radical (unpaired) electrons. The highest BCUT2D eigenvalue weighted by Crippen LogP contribution is 2.45. The minimum absolute atomic E-state index is 0.0211. The number of ether oxygens (including phenoxy) is 9. The van der Waals surface area contributed by atoms with Crippen molar-refractivity contribution in [3.8, 4) is 23.0 Å². The van der Waals surface area contributed by atoms with Gasteiger partial charge in [0.25, 0.3) is 17.7 Å². The number of rotatable bonds is 34. The first-order valence-corrected chi connectivity index (χ1v) is 34.2. The van der Waals surface area contributed by atoms with E-state index < -0.39 is 58.9 Å². The Bertz CT molecular complexity index is 3920. The molecule has 0 unspecified atom stereocenters. The molecule has 3 aromatic carbocycles. The van der Waals surface area contributed by atoms with E-state index in [0.717, 1.165) is 16.0 Å². The molecule has 26 heteroatoms. The molecule has 4 atom stereocenters. The Morgan fingerprint density at radius 1 is 0.660 bits per heavy atom. The first-order chi connectivity index (χ1) is 49.7. The van der Waals surface area contributed by atoms with E-state index in [4.69, 9.17) is 48.4 Å². The van der Waals surface area contributed by atoms with Crippen LogP contribution in [0.1, 0.15) is 99.9 Å². The zero-order valence-corrected chi connectivity index (χ0v) is 59.6. The number of carbonyl (C=O) groups excluding carboxylic acids is 8. The summed E-state index contributed by atoms with van der Waals surface area (Å²) in [5, 5.41) is 11.0. The molecule has 0 saturated carbocycles. The van der Waals surface area contributed by atoms with Gasteiger partial charge in [-0.15, -0.1) is 0 Å². The summed E-state index contributed by atoms with van der Waals surface area (Å²) < 4.78 is 51.8. The summed E-state index contributed by atoms with van der Waals surface area (Å²) in [7, 11) is 2.86. The van der Waals surface area contributed by atoms with Gasteiger partial charge in [0.05, 0.1) is 103 Å². The second kappa shape index (κ2) is 38.5. The summed E-state index contributed by atoms with van der Waals surface area (Å²) in [6.07, 6.45) is 33.4. The molecular weight excluding hydrogens is 1320 g/mol. The maximum Gasteiger partial charge on any atom is 0.421 e. The fourth-order valence-electron chi connectivity index (χ4n) is 11.4. The van der Waals surface area contributed by atoms with Crippen molar-refractivity contribution < 1.29 is 81.0 Å². The number of nitrogens with one attached hydrogen (secondary N) is 4. The molecule has 8 rings (SSSR count). The first kappa shape index (κ1) is 78.2. The molecule has 0 bridgehead atoms. The van der Waals surface area contributed by atoms with E-state index in [1.807, 2.05) is 86.8 Å². The van der Waals surface area contributed by atoms with Crippen LogP contribution in [0, 0.1) is 5.92 Å². The van der Waals surface area contributed by atoms with Gasteiger partial charge in [-0.1, -0.05) is 111 Å². The molecule has 8 amide bonds. The SMILES string of the molecule is C/C=C/C1=CN2C(=O)c3cc(OC)c(OCCCOc4cc5c(cc4OC)C(=O)N4C=C(/C=C/C)C[C@@]4(N)C=N5)cc3N(C(=O)OCc3ccc(NC(=O)[C@H](C)NC(=O)[C@@H](NC(=O)CCOCCOCCOCCOCCNC(=O)\C=C4/C=C\C=C\C=C/C=C\C=C/C4)C(C)C)cc3)C(=O)[C@]2(C)C1. The number of hydrogen-bond acceptors (Lipinski definition) is 19. The molecule has 1 aliphatic carbocycles. The van der Waals surface area contributed by atoms with Crippen molar-refractivity contribution in [2.24, 2.45) is 16.6 Å². The lowest BCUT2D eigenvalue weighted by Gasteiger charge is -2.33. The number of fused-ring (bicyclic) bond motifs is 4. The molecule has 4 heterocycles. The molecule has 0 saturated heterocycles. The highest BCUT2D eigenvalue weighted by molar-refractivity contribution is 6.23. The fraction of sp³-hybridized carbons (Fsp3) is 0.390. The lowest BCUT2D eigenvalue weighted by Crippen LogP contribution is -2.55. The number of nitrogens with zero attached hydrogens (tertiary/aromatic N) is 4. The Kier molecular flexibility index (Phi) is 29.2. The average Bonchev–Trinajstić information content (AvgIpc) is 1.59. The van der Waals surface area contributed by atoms with Crippen LogP contribution in [0.15, 0.2) is 174 Å². The van der Waals surface area contributed by atoms with Gasteiger partial charge in [-0.2, -0.15) is 0 Å². The Morgan fingerprint density at radius 3 is 1.88 bits per heavy atom. The smallest absolute Gasteiger partial charge is 0.421 e. The van der Waals surface area contributed by atoms with Crippen LogP contribution in [0.4, 0.5) is 21.9 Å². The van der Waals surface area contributed by atoms with Gasteiger partial charge in [0, 0.05) is 74.7 Å². The molecule has 0 spiro atoms. The van der Waals surface area contributed by atoms with Crippen LogP contribution in [0.5, 0.6) is 23.0 Å². The third-order valence-corrected chi connectivity index (χ3v) is 16.8. The quantitative estimate of drug-likeness (QED) is 0.0275. The van der Waals surface area contributed by atoms with Crippen molar-refractivity contribution in [2.75, 3.05) is 97.0 Å². The number of nitrogens with two attached hydrogens (primary N) is 1. The summed E-state index contributed by atoms with van der Waals surface area (Å²) in [4.78, 5) is 118. The van der Waals surface area contributed by atoms with E-state index in [2.05, 4.69) is 26.3 Å². The minimum atomic E-state index is -1.55. The lowest BCUT2D eigenvalue weighted by atomic mass is 9.94. The van der Waals surface area contributed by atoms with Gasteiger partial charge in [0.1, 0.15) is 29.9 Å². The van der Waals surface area contributed by atoms with Crippen molar-refractivity contribution in [1.82, 2.24) is 25.8 Å². The fourth-order valence-corrected chi connectivity index (χ4v) is 11.4. The normalized spacial score (nSPS) is 20.2. The number of benzene rings is 3. The second-order valence-electron chi connectivity index (χ2n) is 25.0. The number of hydrogen-bond donors (Lipinski definition) is 5. The number of anilines is 2. The monoisotopic (exact) mass is 1420 g/mol. The van der Waals surface area contributed by atoms with Crippen LogP contribution in [0.2, 0.25) is 0 Å². The van der Waals surface area contributed by atoms with Crippen molar-refractivity contribution in [2.45, 2.75) is 104 Å². The number of amides is 8. The summed E-state index contributed by atoms with van der Waals surface area (Å²) in [5.41, 5.74) is 7.76. The van der Waals surface area contributed by atoms with Crippen LogP contribution < -0.4 is 50.8 Å². The minimum Gasteiger partial charge on any atom is -0.493 e. The molecule has 103 heavy (non-hydrogen) atoms. The molecular formula is C77H93N9O17. The van der Waals surface area contributed by atoms with Crippen LogP contribution >= 0.6 is 0 Å². The van der Waals surface area contributed by atoms with Crippen LogP contribution in [-0.2, 0) is 54.3 Å². The van der Waals surface area contributed by atoms with Gasteiger partial charge in [-0.05, 0) is 86.6 Å². The standard InChI is InChI=1S/C77H93N9O17/c1-9-21-56-46-76(6)74(93)86(62-45-66(64(96-8)43-60(62)73(92)84(76)48-56)102-32-20-31-101-65-44-61-59(42-63(65)95-7)72(91)85-49-57(22-10-2)47-77(85,78)51-80-61)75(94)103-50-55-25-27-58(28-26-55)82-70(89)53(5)81-71(90)69(52(3)4)83-67(87)29-33-97-35-37-99-39-40-100-38-36-98-34-30-79-68(88)41-54-23-18-16-14-12-11-13-15-17-19-24-54/h9-19,21-23,25-28,41-45,48-49,51-53,69H,20,24,29-40,46-47,50,78H2,1-8H3,(H,79,88)(H,81,90)(H,82,89)(H,83,87)/b12-11-,15-13-,16-14+,19-17-,21-9+,22-10+,23-18-,54-41+/t53-,69-,76-,77-/m0/s1. The Morgan fingerprint density at radius 2 is 1.24 bits per heavy atom. The maximum absolute atomic E-state index is 14.9. The second-order valence-corrected chi connectivity index (χ2v) is 25.0. The Hall–Kier alpha value is -10.5. The largest absolute Gasteiger partial charge is 0.493 e. The predicted octanol–water partition coefficient (Wildman–Crippen LogP) is 9.24. The molecule has 4 aliphatic heterocycles. The topological polar surface area (TPSA) is 316 Å². The van der Waals surface area contributed by atoms with Gasteiger partial charge in [0.2, 0.25) is 23.6 Å². The summed E-state index contributed by atoms with van der Waals surface area (Å²) in [6.45, 7) is 12.8. The first-order valence-electron chi connectivity index (χ1n) is 34.2. The highest BCUT2D eigenvalue weighted by Gasteiger charge is 2.54.